The molecular weight excluding hydrogens is 140 g/mol. The van der Waals surface area contributed by atoms with Crippen LogP contribution in [0.25, 0.3) is 0 Å². The van der Waals surface area contributed by atoms with Crippen LogP contribution in [-0.2, 0) is 4.79 Å². The van der Waals surface area contributed by atoms with Gasteiger partial charge in [-0.1, -0.05) is 13.5 Å². The van der Waals surface area contributed by atoms with Crippen molar-refractivity contribution in [1.82, 2.24) is 5.32 Å². The fourth-order valence-corrected chi connectivity index (χ4v) is 0.651. The van der Waals surface area contributed by atoms with E-state index in [2.05, 4.69) is 11.9 Å². The van der Waals surface area contributed by atoms with Gasteiger partial charge in [-0.2, -0.15) is 0 Å². The van der Waals surface area contributed by atoms with Gasteiger partial charge in [-0.05, 0) is 6.08 Å². The molecule has 0 heterocycles. The summed E-state index contributed by atoms with van der Waals surface area (Å²) in [4.78, 5) is 10.7. The normalized spacial score (nSPS) is 10.9. The highest BCUT2D eigenvalue weighted by Gasteiger charge is 1.96. The van der Waals surface area contributed by atoms with Gasteiger partial charge in [-0.3, -0.25) is 10.1 Å². The predicted molar refractivity (Wildman–Crippen MR) is 45.7 cm³/mol. The number of nitrogens with zero attached hydrogens (tertiary/aromatic N) is 1. The summed E-state index contributed by atoms with van der Waals surface area (Å²) in [6.07, 6.45) is 4.24. The van der Waals surface area contributed by atoms with E-state index in [1.54, 1.807) is 0 Å². The van der Waals surface area contributed by atoms with Gasteiger partial charge in [0.15, 0.2) is 0 Å². The second-order valence-corrected chi connectivity index (χ2v) is 2.25. The van der Waals surface area contributed by atoms with Crippen molar-refractivity contribution >= 4 is 12.1 Å². The maximum atomic E-state index is 10.7. The van der Waals surface area contributed by atoms with Gasteiger partial charge in [0.25, 0.3) is 0 Å². The third-order valence-corrected chi connectivity index (χ3v) is 1.18. The lowest BCUT2D eigenvalue weighted by Crippen LogP contribution is -2.29. The molecule has 1 N–H and O–H groups in total. The van der Waals surface area contributed by atoms with Crippen molar-refractivity contribution in [3.05, 3.63) is 12.7 Å². The highest BCUT2D eigenvalue weighted by molar-refractivity contribution is 5.86. The first kappa shape index (κ1) is 9.88. The van der Waals surface area contributed by atoms with Gasteiger partial charge in [-0.15, -0.1) is 0 Å². The van der Waals surface area contributed by atoms with Crippen molar-refractivity contribution in [2.75, 3.05) is 13.7 Å². The van der Waals surface area contributed by atoms with E-state index in [1.165, 1.54) is 6.08 Å². The minimum atomic E-state index is -0.138. The predicted octanol–water partition coefficient (Wildman–Crippen LogP) is 0.369. The van der Waals surface area contributed by atoms with Gasteiger partial charge in [0.05, 0.1) is 0 Å². The summed E-state index contributed by atoms with van der Waals surface area (Å²) >= 11 is 0. The molecule has 0 aromatic carbocycles. The molecule has 0 rings (SSSR count). The molecule has 0 aliphatic carbocycles. The molecule has 0 radical (unpaired) electrons. The fourth-order valence-electron chi connectivity index (χ4n) is 0.651. The first-order valence-electron chi connectivity index (χ1n) is 3.64. The highest BCUT2D eigenvalue weighted by Crippen LogP contribution is 1.70. The number of hydrogen-bond donors (Lipinski definition) is 1. The lowest BCUT2D eigenvalue weighted by molar-refractivity contribution is -0.496. The van der Waals surface area contributed by atoms with Gasteiger partial charge < -0.3 is 0 Å². The fraction of sp³-hybridized carbons (Fsp3) is 0.500. The molecule has 0 atom stereocenters. The molecule has 0 fully saturated rings. The molecule has 0 aromatic rings. The van der Waals surface area contributed by atoms with E-state index >= 15 is 0 Å². The Morgan fingerprint density at radius 1 is 1.73 bits per heavy atom. The number of nitrogens with one attached hydrogen (secondary N) is 1. The Hall–Kier alpha value is -1.12. The summed E-state index contributed by atoms with van der Waals surface area (Å²) < 4.78 is 1.92. The van der Waals surface area contributed by atoms with Crippen LogP contribution in [0, 0.1) is 0 Å². The van der Waals surface area contributed by atoms with Crippen molar-refractivity contribution in [3.63, 3.8) is 0 Å². The van der Waals surface area contributed by atoms with Crippen LogP contribution in [0.15, 0.2) is 12.7 Å². The van der Waals surface area contributed by atoms with E-state index in [-0.39, 0.29) is 5.91 Å². The number of carbonyl (C=O) groups is 1. The van der Waals surface area contributed by atoms with Gasteiger partial charge in [0.2, 0.25) is 12.6 Å². The van der Waals surface area contributed by atoms with Crippen molar-refractivity contribution in [2.45, 2.75) is 13.3 Å². The quantitative estimate of drug-likeness (QED) is 0.270. The van der Waals surface area contributed by atoms with Crippen LogP contribution < -0.4 is 5.32 Å². The lowest BCUT2D eigenvalue weighted by Gasteiger charge is -1.97. The molecule has 0 aliphatic heterocycles. The molecule has 3 heteroatoms. The van der Waals surface area contributed by atoms with Crippen LogP contribution in [0.1, 0.15) is 13.3 Å². The minimum Gasteiger partial charge on any atom is -0.297 e. The lowest BCUT2D eigenvalue weighted by atomic mass is 10.5. The second kappa shape index (κ2) is 5.65. The number of rotatable bonds is 4. The Bertz CT molecular complexity index is 173. The van der Waals surface area contributed by atoms with Crippen LogP contribution in [0.5, 0.6) is 0 Å². The largest absolute Gasteiger partial charge is 0.297 e. The third-order valence-electron chi connectivity index (χ3n) is 1.18. The van der Waals surface area contributed by atoms with E-state index < -0.39 is 0 Å². The molecule has 0 aromatic heterocycles. The topological polar surface area (TPSA) is 32.1 Å². The number of amides is 1. The monoisotopic (exact) mass is 155 g/mol. The molecule has 3 nitrogen and oxygen atoms in total. The van der Waals surface area contributed by atoms with Crippen LogP contribution in [0.2, 0.25) is 0 Å². The maximum absolute atomic E-state index is 10.7. The van der Waals surface area contributed by atoms with E-state index in [0.717, 1.165) is 6.42 Å². The zero-order chi connectivity index (χ0) is 8.69. The summed E-state index contributed by atoms with van der Waals surface area (Å²) in [6.45, 7) is 5.93. The van der Waals surface area contributed by atoms with Crippen molar-refractivity contribution < 1.29 is 9.37 Å². The molecule has 0 spiro atoms. The van der Waals surface area contributed by atoms with Crippen LogP contribution in [0.3, 0.4) is 0 Å². The summed E-state index contributed by atoms with van der Waals surface area (Å²) in [5, 5.41) is 2.65. The zero-order valence-electron chi connectivity index (χ0n) is 7.13. The smallest absolute Gasteiger partial charge is 0.248 e. The van der Waals surface area contributed by atoms with Crippen LogP contribution in [0.4, 0.5) is 0 Å². The van der Waals surface area contributed by atoms with E-state index in [0.29, 0.717) is 6.67 Å². The molecule has 0 unspecified atom stereocenters. The summed E-state index contributed by atoms with van der Waals surface area (Å²) in [5.41, 5.74) is 0. The molecule has 1 amide bonds. The van der Waals surface area contributed by atoms with Crippen LogP contribution >= 0.6 is 0 Å². The maximum Gasteiger partial charge on any atom is 0.248 e. The van der Waals surface area contributed by atoms with E-state index in [1.807, 2.05) is 24.8 Å². The minimum absolute atomic E-state index is 0.138. The highest BCUT2D eigenvalue weighted by atomic mass is 16.1. The first-order valence-corrected chi connectivity index (χ1v) is 3.64. The number of carbonyl (C=O) groups excluding carboxylic acids is 1. The Kier molecular flexibility index (Phi) is 5.07. The first-order chi connectivity index (χ1) is 5.20. The summed E-state index contributed by atoms with van der Waals surface area (Å²) in [6, 6.07) is 0. The molecule has 11 heavy (non-hydrogen) atoms. The standard InChI is InChI=1S/C8H14N2O/c1-4-6-10(3)7-9-8(11)5-2/h5-6H,2,4,7H2,1,3H3/p+1/b10-6+. The van der Waals surface area contributed by atoms with Crippen LogP contribution in [-0.4, -0.2) is 30.4 Å². The average molecular weight is 155 g/mol. The van der Waals surface area contributed by atoms with Crippen molar-refractivity contribution in [2.24, 2.45) is 0 Å². The Morgan fingerprint density at radius 2 is 2.36 bits per heavy atom. The molecule has 0 bridgehead atoms. The van der Waals surface area contributed by atoms with Crippen molar-refractivity contribution in [1.29, 1.82) is 0 Å². The molecule has 0 saturated carbocycles. The van der Waals surface area contributed by atoms with Gasteiger partial charge >= 0.3 is 0 Å². The zero-order valence-corrected chi connectivity index (χ0v) is 7.13. The Morgan fingerprint density at radius 3 is 2.82 bits per heavy atom. The molecule has 0 saturated heterocycles. The number of hydrogen-bond acceptors (Lipinski definition) is 1. The van der Waals surface area contributed by atoms with E-state index in [4.69, 9.17) is 0 Å². The molecular formula is C8H15N2O+. The summed E-state index contributed by atoms with van der Waals surface area (Å²) in [5.74, 6) is -0.138. The Labute approximate surface area is 67.4 Å². The SMILES string of the molecule is C=CC(=O)NC/[N+](C)=C/CC. The van der Waals surface area contributed by atoms with E-state index in [9.17, 15) is 4.79 Å². The molecule has 62 valence electrons. The summed E-state index contributed by atoms with van der Waals surface area (Å²) in [7, 11) is 1.91. The third kappa shape index (κ3) is 5.33. The second-order valence-electron chi connectivity index (χ2n) is 2.25. The molecule has 0 aliphatic rings. The van der Waals surface area contributed by atoms with Gasteiger partial charge in [-0.25, -0.2) is 4.58 Å². The Balaban J connectivity index is 3.61. The van der Waals surface area contributed by atoms with Crippen molar-refractivity contribution in [3.8, 4) is 0 Å². The van der Waals surface area contributed by atoms with Gasteiger partial charge in [0.1, 0.15) is 13.3 Å². The van der Waals surface area contributed by atoms with Gasteiger partial charge in [0, 0.05) is 6.42 Å². The average Bonchev–Trinajstić information content (AvgIpc) is 2.01.